The molecule has 7 N–H and O–H groups in total. The van der Waals surface area contributed by atoms with Crippen molar-refractivity contribution >= 4 is 115 Å². The van der Waals surface area contributed by atoms with Crippen LogP contribution in [0.15, 0.2) is 93.6 Å². The summed E-state index contributed by atoms with van der Waals surface area (Å²) in [7, 11) is 1.37. The van der Waals surface area contributed by atoms with Gasteiger partial charge in [0.2, 0.25) is 11.8 Å². The molecule has 2 aromatic carbocycles. The number of nitrogens with two attached hydrogens (primary N) is 1. The van der Waals surface area contributed by atoms with E-state index < -0.39 is 89.6 Å². The van der Waals surface area contributed by atoms with Gasteiger partial charge in [-0.25, -0.2) is 39.7 Å². The van der Waals surface area contributed by atoms with Crippen molar-refractivity contribution in [2.24, 2.45) is 17.6 Å². The van der Waals surface area contributed by atoms with Crippen molar-refractivity contribution in [3.63, 3.8) is 0 Å². The number of hydrogen-bond acceptors (Lipinski definition) is 26. The maximum Gasteiger partial charge on any atom is 0.344 e. The van der Waals surface area contributed by atoms with Gasteiger partial charge in [0, 0.05) is 74.6 Å². The number of carbonyl (C=O) groups excluding carboxylic acids is 8. The van der Waals surface area contributed by atoms with Gasteiger partial charge in [-0.05, 0) is 88.8 Å². The topological polar surface area (TPSA) is 360 Å². The Morgan fingerprint density at radius 2 is 1.36 bits per heavy atom. The van der Waals surface area contributed by atoms with E-state index in [9.17, 15) is 43.8 Å². The molecule has 5 amide bonds. The standard InChI is InChI=1S/C68H68N12O13S6/c1-32-50(82)25-80-55(32)65-78-48(31-98-65)63-74-44(27-96-63)54-39(20-21-41(71-54)62-77-45(30-97-62)57(86)70-37-16-14-36(15-17-37)67(90)91-6)60-75-46(28-94-60)58(87)72-42(24-51(69)83)64-79-53(33(2)99-64)49(81)23-40(56(85)35-10-8-7-9-11-35)61-76-47(29-95-61)59(88)73-43(66(80)89)22-34-12-18-38(19-13-34)92-26-52(84)93-68(3,4)5/h7-13,18-21,27-32,36-37,40,42-43,50,55-56,82,85H,14-17,22-26H2,1-6H3,(H2,69,83)(H,70,86)(H,72,87)(H,73,88)/t32-,36?,37?,40+,42-,43-,50-,55-,56+/m0/s1. The van der Waals surface area contributed by atoms with Crippen LogP contribution in [0, 0.1) is 18.8 Å². The largest absolute Gasteiger partial charge is 0.482 e. The zero-order valence-electron chi connectivity index (χ0n) is 54.3. The van der Waals surface area contributed by atoms with Crippen molar-refractivity contribution in [2.75, 3.05) is 20.3 Å². The molecule has 0 radical (unpaired) electrons. The molecule has 0 spiro atoms. The summed E-state index contributed by atoms with van der Waals surface area (Å²) in [6.07, 6.45) is -0.767. The second-order valence-electron chi connectivity index (χ2n) is 25.2. The molecule has 25 nitrogen and oxygen atoms in total. The minimum Gasteiger partial charge on any atom is -0.482 e. The number of rotatable bonds is 13. The first kappa shape index (κ1) is 69.9. The summed E-state index contributed by atoms with van der Waals surface area (Å²) in [5.41, 5.74) is 8.27. The highest BCUT2D eigenvalue weighted by atomic mass is 32.1. The number of ether oxygens (including phenoxy) is 3. The molecule has 9 heterocycles. The number of hydrogen-bond donors (Lipinski definition) is 6. The lowest BCUT2D eigenvalue weighted by Gasteiger charge is -2.29. The first-order valence-electron chi connectivity index (χ1n) is 31.7. The maximum absolute atomic E-state index is 15.5. The molecule has 10 bridgehead atoms. The number of carbonyl (C=O) groups is 8. The van der Waals surface area contributed by atoms with E-state index in [4.69, 9.17) is 54.8 Å². The van der Waals surface area contributed by atoms with Crippen LogP contribution in [-0.2, 0) is 35.1 Å². The van der Waals surface area contributed by atoms with Gasteiger partial charge >= 0.3 is 11.9 Å². The molecule has 12 rings (SSSR count). The monoisotopic (exact) mass is 1450 g/mol. The lowest BCUT2D eigenvalue weighted by Crippen LogP contribution is -2.50. The first-order chi connectivity index (χ1) is 47.4. The van der Waals surface area contributed by atoms with E-state index >= 15 is 4.79 Å². The maximum atomic E-state index is 15.5. The van der Waals surface area contributed by atoms with Crippen LogP contribution < -0.4 is 26.4 Å². The van der Waals surface area contributed by atoms with Crippen LogP contribution in [0.4, 0.5) is 0 Å². The molecular weight excluding hydrogens is 1390 g/mol. The van der Waals surface area contributed by atoms with Gasteiger partial charge in [-0.2, -0.15) is 0 Å². The number of esters is 2. The van der Waals surface area contributed by atoms with Gasteiger partial charge < -0.3 is 51.0 Å². The van der Waals surface area contributed by atoms with Gasteiger partial charge in [0.05, 0.1) is 54.4 Å². The summed E-state index contributed by atoms with van der Waals surface area (Å²) in [6.45, 7) is 8.28. The van der Waals surface area contributed by atoms with E-state index in [-0.39, 0.29) is 82.6 Å². The van der Waals surface area contributed by atoms with Crippen molar-refractivity contribution in [3.8, 4) is 49.1 Å². The average molecular weight is 1450 g/mol. The van der Waals surface area contributed by atoms with E-state index in [1.165, 1.54) is 51.4 Å². The van der Waals surface area contributed by atoms with E-state index in [1.807, 2.05) is 6.92 Å². The highest BCUT2D eigenvalue weighted by Crippen LogP contribution is 2.44. The van der Waals surface area contributed by atoms with Crippen molar-refractivity contribution in [3.05, 3.63) is 147 Å². The van der Waals surface area contributed by atoms with Crippen LogP contribution in [0.5, 0.6) is 5.75 Å². The van der Waals surface area contributed by atoms with Crippen LogP contribution in [0.3, 0.4) is 0 Å². The number of ketones is 1. The number of amides is 5. The Hall–Kier alpha value is -8.95. The highest BCUT2D eigenvalue weighted by molar-refractivity contribution is 7.15. The van der Waals surface area contributed by atoms with Crippen LogP contribution in [0.1, 0.15) is 163 Å². The number of aryl methyl sites for hydroxylation is 1. The highest BCUT2D eigenvalue weighted by Gasteiger charge is 2.46. The molecule has 0 unspecified atom stereocenters. The number of primary amides is 1. The number of aliphatic hydroxyl groups is 2. The molecule has 514 valence electrons. The summed E-state index contributed by atoms with van der Waals surface area (Å²) in [4.78, 5) is 147. The summed E-state index contributed by atoms with van der Waals surface area (Å²) in [6, 6.07) is 15.5. The van der Waals surface area contributed by atoms with Gasteiger partial charge in [-0.3, -0.25) is 33.6 Å². The molecule has 3 aliphatic rings. The molecule has 2 fully saturated rings. The summed E-state index contributed by atoms with van der Waals surface area (Å²) >= 11 is 7.02. The van der Waals surface area contributed by atoms with Gasteiger partial charge in [0.25, 0.3) is 17.7 Å². The average Bonchev–Trinajstić information content (AvgIpc) is 1.64. The quantitative estimate of drug-likeness (QED) is 0.0585. The Labute approximate surface area is 591 Å². The summed E-state index contributed by atoms with van der Waals surface area (Å²) in [5, 5.41) is 43.2. The number of aliphatic hydroxyl groups excluding tert-OH is 2. The van der Waals surface area contributed by atoms with Crippen LogP contribution >= 0.6 is 68.0 Å². The normalized spacial score (nSPS) is 21.0. The Bertz CT molecular complexity index is 4510. The van der Waals surface area contributed by atoms with Crippen LogP contribution in [0.25, 0.3) is 43.4 Å². The lowest BCUT2D eigenvalue weighted by molar-refractivity contribution is -0.157. The Kier molecular flexibility index (Phi) is 21.1. The van der Waals surface area contributed by atoms with Crippen molar-refractivity contribution in [2.45, 2.75) is 127 Å². The molecule has 7 aromatic heterocycles. The number of thiazole rings is 6. The Morgan fingerprint density at radius 1 is 0.717 bits per heavy atom. The minimum absolute atomic E-state index is 0.0117. The molecule has 1 saturated heterocycles. The van der Waals surface area contributed by atoms with Crippen molar-refractivity contribution in [1.82, 2.24) is 55.7 Å². The first-order valence-corrected chi connectivity index (χ1v) is 36.9. The van der Waals surface area contributed by atoms with Gasteiger partial charge in [-0.1, -0.05) is 49.4 Å². The van der Waals surface area contributed by atoms with Crippen molar-refractivity contribution < 1.29 is 62.8 Å². The smallest absolute Gasteiger partial charge is 0.344 e. The number of fused-ring (bicyclic) bond motifs is 16. The number of pyridine rings is 1. The summed E-state index contributed by atoms with van der Waals surface area (Å²) < 4.78 is 16.1. The number of aromatic nitrogens is 7. The van der Waals surface area contributed by atoms with Gasteiger partial charge in [-0.15, -0.1) is 68.0 Å². The van der Waals surface area contributed by atoms with E-state index in [0.29, 0.717) is 95.8 Å². The summed E-state index contributed by atoms with van der Waals surface area (Å²) in [5.74, 6) is -5.89. The molecule has 1 aliphatic carbocycles. The predicted octanol–water partition coefficient (Wildman–Crippen LogP) is 9.65. The van der Waals surface area contributed by atoms with Gasteiger partial charge in [0.15, 0.2) is 12.4 Å². The fourth-order valence-electron chi connectivity index (χ4n) is 12.1. The van der Waals surface area contributed by atoms with Gasteiger partial charge in [0.1, 0.15) is 82.3 Å². The van der Waals surface area contributed by atoms with Crippen LogP contribution in [0.2, 0.25) is 0 Å². The molecule has 99 heavy (non-hydrogen) atoms. The van der Waals surface area contributed by atoms with E-state index in [2.05, 4.69) is 16.0 Å². The van der Waals surface area contributed by atoms with E-state index in [0.717, 1.165) is 34.0 Å². The third-order valence-corrected chi connectivity index (χ3v) is 22.7. The Balaban J connectivity index is 0.915. The Morgan fingerprint density at radius 3 is 2.09 bits per heavy atom. The van der Waals surface area contributed by atoms with E-state index in [1.54, 1.807) is 116 Å². The lowest BCUT2D eigenvalue weighted by atomic mass is 9.86. The minimum atomic E-state index is -1.32. The fourth-order valence-corrected chi connectivity index (χ4v) is 17.4. The third-order valence-electron chi connectivity index (χ3n) is 17.1. The number of nitrogens with zero attached hydrogens (tertiary/aromatic N) is 8. The van der Waals surface area contributed by atoms with Crippen LogP contribution in [-0.4, -0.2) is 141 Å². The number of nitrogens with one attached hydrogen (secondary N) is 3. The van der Waals surface area contributed by atoms with Crippen molar-refractivity contribution in [1.29, 1.82) is 0 Å². The number of Topliss-reactive ketones (excluding diaryl/α,β-unsaturated/α-hetero) is 1. The second-order valence-corrected chi connectivity index (χ2v) is 30.8. The molecule has 31 heteroatoms. The number of methoxy groups -OCH3 is 1. The number of benzene rings is 2. The zero-order valence-corrected chi connectivity index (χ0v) is 59.2. The molecule has 9 aromatic rings. The predicted molar refractivity (Wildman–Crippen MR) is 372 cm³/mol. The SMILES string of the molecule is COC(=O)C1CCC(NC(=O)c2csc(-c3ccc4c(n3)-c3csc(n3)-c3csc(n3)[C@@H]3[C@@H](C)[C@@H](O)CN3C(=O)[C@H](Cc3ccc(OCC(=O)OC(C)(C)C)cc3)NC(=O)c3csc(n3)[C@@H]([C@H](O)c3ccccc3)CC(=O)c3nc(sc3C)[C@H](CC(N)=O)NC(=O)c3csc-4n3)n2)CC1. The molecule has 1 saturated carbocycles. The fraction of sp³-hybridized carbons (Fsp3) is 0.368. The molecule has 2 aliphatic heterocycles. The molecular formula is C68H68N12O13S6. The zero-order chi connectivity index (χ0) is 70.0. The second kappa shape index (κ2) is 29.9. The molecule has 7 atom stereocenters. The third kappa shape index (κ3) is 16.0.